The number of carbonyl (C=O) groups is 1. The molecule has 1 saturated carbocycles. The second-order valence-corrected chi connectivity index (χ2v) is 6.77. The Labute approximate surface area is 132 Å². The van der Waals surface area contributed by atoms with Crippen molar-refractivity contribution in [3.8, 4) is 11.1 Å². The molecule has 1 atom stereocenters. The second-order valence-electron chi connectivity index (χ2n) is 6.77. The lowest BCUT2D eigenvalue weighted by atomic mass is 9.78. The van der Waals surface area contributed by atoms with E-state index >= 15 is 0 Å². The summed E-state index contributed by atoms with van der Waals surface area (Å²) in [6, 6.07) is 16.7. The summed E-state index contributed by atoms with van der Waals surface area (Å²) >= 11 is 0. The van der Waals surface area contributed by atoms with Crippen molar-refractivity contribution in [1.29, 1.82) is 0 Å². The van der Waals surface area contributed by atoms with Crippen LogP contribution in [0.1, 0.15) is 48.0 Å². The summed E-state index contributed by atoms with van der Waals surface area (Å²) in [5.41, 5.74) is 4.76. The maximum atomic E-state index is 12.9. The van der Waals surface area contributed by atoms with Crippen LogP contribution in [0, 0.1) is 11.8 Å². The highest BCUT2D eigenvalue weighted by molar-refractivity contribution is 6.04. The van der Waals surface area contributed by atoms with Gasteiger partial charge in [0.1, 0.15) is 0 Å². The minimum atomic E-state index is 0.236. The molecule has 1 heteroatoms. The number of carbonyl (C=O) groups excluding carboxylic acids is 1. The standard InChI is InChI=1S/C21H22O/c22-21-18-13-7-12-17(15-8-3-1-4-9-15)20(18)14-19(21)16-10-5-2-6-11-16/h1,3-4,7-9,12-13,16,19H,2,5-6,10-11,14H2. The number of rotatable bonds is 2. The van der Waals surface area contributed by atoms with Gasteiger partial charge in [-0.15, -0.1) is 0 Å². The zero-order chi connectivity index (χ0) is 14.9. The molecule has 1 fully saturated rings. The minimum absolute atomic E-state index is 0.236. The van der Waals surface area contributed by atoms with Gasteiger partial charge in [-0.2, -0.15) is 0 Å². The monoisotopic (exact) mass is 290 g/mol. The third kappa shape index (κ3) is 2.29. The predicted molar refractivity (Wildman–Crippen MR) is 90.0 cm³/mol. The second kappa shape index (κ2) is 5.72. The normalized spacial score (nSPS) is 21.8. The Balaban J connectivity index is 1.71. The molecule has 0 spiro atoms. The van der Waals surface area contributed by atoms with Gasteiger partial charge in [-0.25, -0.2) is 0 Å². The van der Waals surface area contributed by atoms with Gasteiger partial charge in [-0.05, 0) is 41.9 Å². The fraction of sp³-hybridized carbons (Fsp3) is 0.381. The molecule has 0 heterocycles. The fourth-order valence-corrected chi connectivity index (χ4v) is 4.36. The molecule has 2 aromatic carbocycles. The van der Waals surface area contributed by atoms with Crippen molar-refractivity contribution in [2.24, 2.45) is 11.8 Å². The van der Waals surface area contributed by atoms with Gasteiger partial charge in [-0.3, -0.25) is 4.79 Å². The van der Waals surface area contributed by atoms with Crippen molar-refractivity contribution in [2.45, 2.75) is 38.5 Å². The third-order valence-corrected chi connectivity index (χ3v) is 5.51. The molecule has 1 unspecified atom stereocenters. The van der Waals surface area contributed by atoms with Gasteiger partial charge in [0.15, 0.2) is 5.78 Å². The lowest BCUT2D eigenvalue weighted by Gasteiger charge is -2.26. The molecule has 0 amide bonds. The summed E-state index contributed by atoms with van der Waals surface area (Å²) in [7, 11) is 0. The lowest BCUT2D eigenvalue weighted by molar-refractivity contribution is 0.0869. The molecule has 0 aromatic heterocycles. The highest BCUT2D eigenvalue weighted by Crippen LogP contribution is 2.41. The van der Waals surface area contributed by atoms with Crippen molar-refractivity contribution < 1.29 is 4.79 Å². The topological polar surface area (TPSA) is 17.1 Å². The van der Waals surface area contributed by atoms with Crippen LogP contribution in [-0.4, -0.2) is 5.78 Å². The fourth-order valence-electron chi connectivity index (χ4n) is 4.36. The summed E-state index contributed by atoms with van der Waals surface area (Å²) in [4.78, 5) is 12.9. The first-order chi connectivity index (χ1) is 10.8. The molecule has 22 heavy (non-hydrogen) atoms. The van der Waals surface area contributed by atoms with Crippen LogP contribution in [0.15, 0.2) is 48.5 Å². The van der Waals surface area contributed by atoms with E-state index in [-0.39, 0.29) is 5.92 Å². The van der Waals surface area contributed by atoms with Gasteiger partial charge in [-0.1, -0.05) is 67.8 Å². The number of hydrogen-bond acceptors (Lipinski definition) is 1. The molecule has 0 aliphatic heterocycles. The van der Waals surface area contributed by atoms with Crippen molar-refractivity contribution >= 4 is 5.78 Å². The number of hydrogen-bond donors (Lipinski definition) is 0. The molecule has 0 N–H and O–H groups in total. The van der Waals surface area contributed by atoms with E-state index in [0.29, 0.717) is 11.7 Å². The van der Waals surface area contributed by atoms with Crippen molar-refractivity contribution in [2.75, 3.05) is 0 Å². The van der Waals surface area contributed by atoms with Crippen LogP contribution in [0.25, 0.3) is 11.1 Å². The Morgan fingerprint density at radius 2 is 1.50 bits per heavy atom. The summed E-state index contributed by atoms with van der Waals surface area (Å²) in [5.74, 6) is 1.25. The minimum Gasteiger partial charge on any atom is -0.294 e. The maximum Gasteiger partial charge on any atom is 0.166 e. The first-order valence-corrected chi connectivity index (χ1v) is 8.56. The van der Waals surface area contributed by atoms with E-state index in [1.807, 2.05) is 18.2 Å². The molecule has 1 nitrogen and oxygen atoms in total. The van der Waals surface area contributed by atoms with Crippen LogP contribution in [-0.2, 0) is 6.42 Å². The van der Waals surface area contributed by atoms with Crippen LogP contribution >= 0.6 is 0 Å². The van der Waals surface area contributed by atoms with E-state index in [4.69, 9.17) is 0 Å². The summed E-state index contributed by atoms with van der Waals surface area (Å²) in [5, 5.41) is 0. The van der Waals surface area contributed by atoms with E-state index in [1.165, 1.54) is 48.8 Å². The van der Waals surface area contributed by atoms with Crippen molar-refractivity contribution in [1.82, 2.24) is 0 Å². The molecule has 2 aliphatic rings. The SMILES string of the molecule is O=C1c2cccc(-c3ccccc3)c2CC1C1CCCCC1. The number of Topliss-reactive ketones (excluding diaryl/α,β-unsaturated/α-hetero) is 1. The molecular formula is C21H22O. The van der Waals surface area contributed by atoms with E-state index in [2.05, 4.69) is 30.3 Å². The highest BCUT2D eigenvalue weighted by Gasteiger charge is 2.37. The molecule has 2 aliphatic carbocycles. The number of benzene rings is 2. The molecular weight excluding hydrogens is 268 g/mol. The van der Waals surface area contributed by atoms with Crippen LogP contribution in [0.5, 0.6) is 0 Å². The quantitative estimate of drug-likeness (QED) is 0.734. The van der Waals surface area contributed by atoms with E-state index in [9.17, 15) is 4.79 Å². The summed E-state index contributed by atoms with van der Waals surface area (Å²) in [6.45, 7) is 0. The third-order valence-electron chi connectivity index (χ3n) is 5.51. The molecule has 2 aromatic rings. The Morgan fingerprint density at radius 3 is 2.27 bits per heavy atom. The van der Waals surface area contributed by atoms with Gasteiger partial charge in [0.25, 0.3) is 0 Å². The highest BCUT2D eigenvalue weighted by atomic mass is 16.1. The number of ketones is 1. The largest absolute Gasteiger partial charge is 0.294 e. The number of fused-ring (bicyclic) bond motifs is 1. The van der Waals surface area contributed by atoms with Crippen LogP contribution in [0.2, 0.25) is 0 Å². The maximum absolute atomic E-state index is 12.9. The van der Waals surface area contributed by atoms with Crippen LogP contribution in [0.4, 0.5) is 0 Å². The average Bonchev–Trinajstić information content (AvgIpc) is 2.94. The van der Waals surface area contributed by atoms with Crippen molar-refractivity contribution in [3.05, 3.63) is 59.7 Å². The van der Waals surface area contributed by atoms with E-state index < -0.39 is 0 Å². The summed E-state index contributed by atoms with van der Waals surface area (Å²) < 4.78 is 0. The predicted octanol–water partition coefficient (Wildman–Crippen LogP) is 5.29. The Bertz CT molecular complexity index is 680. The van der Waals surface area contributed by atoms with Gasteiger partial charge in [0, 0.05) is 11.5 Å². The van der Waals surface area contributed by atoms with Crippen LogP contribution < -0.4 is 0 Å². The van der Waals surface area contributed by atoms with Crippen LogP contribution in [0.3, 0.4) is 0 Å². The Kier molecular flexibility index (Phi) is 3.57. The van der Waals surface area contributed by atoms with Gasteiger partial charge in [0.2, 0.25) is 0 Å². The first-order valence-electron chi connectivity index (χ1n) is 8.56. The average molecular weight is 290 g/mol. The zero-order valence-electron chi connectivity index (χ0n) is 12.9. The Hall–Kier alpha value is -1.89. The summed E-state index contributed by atoms with van der Waals surface area (Å²) in [6.07, 6.45) is 7.38. The van der Waals surface area contributed by atoms with Gasteiger partial charge in [0.05, 0.1) is 0 Å². The molecule has 4 rings (SSSR count). The molecule has 0 bridgehead atoms. The van der Waals surface area contributed by atoms with E-state index in [1.54, 1.807) is 0 Å². The lowest BCUT2D eigenvalue weighted by Crippen LogP contribution is -2.22. The van der Waals surface area contributed by atoms with Gasteiger partial charge < -0.3 is 0 Å². The van der Waals surface area contributed by atoms with Crippen molar-refractivity contribution in [3.63, 3.8) is 0 Å². The molecule has 0 radical (unpaired) electrons. The smallest absolute Gasteiger partial charge is 0.166 e. The first kappa shape index (κ1) is 13.8. The van der Waals surface area contributed by atoms with E-state index in [0.717, 1.165) is 12.0 Å². The Morgan fingerprint density at radius 1 is 0.773 bits per heavy atom. The zero-order valence-corrected chi connectivity index (χ0v) is 12.9. The van der Waals surface area contributed by atoms with Gasteiger partial charge >= 0.3 is 0 Å². The molecule has 112 valence electrons. The molecule has 0 saturated heterocycles.